The summed E-state index contributed by atoms with van der Waals surface area (Å²) in [4.78, 5) is 40.7. The summed E-state index contributed by atoms with van der Waals surface area (Å²) in [6.45, 7) is 4.47. The van der Waals surface area contributed by atoms with Crippen molar-refractivity contribution in [3.05, 3.63) is 35.9 Å². The minimum absolute atomic E-state index is 0.0249. The van der Waals surface area contributed by atoms with Crippen LogP contribution in [0.3, 0.4) is 0 Å². The third-order valence-corrected chi connectivity index (χ3v) is 6.20. The molecule has 3 saturated heterocycles. The molecule has 138 valence electrons. The zero-order valence-corrected chi connectivity index (χ0v) is 15.1. The van der Waals surface area contributed by atoms with E-state index >= 15 is 0 Å². The van der Waals surface area contributed by atoms with Gasteiger partial charge in [0.2, 0.25) is 17.7 Å². The smallest absolute Gasteiger partial charge is 0.228 e. The molecule has 3 fully saturated rings. The molecule has 1 N–H and O–H groups in total. The fourth-order valence-electron chi connectivity index (χ4n) is 4.60. The summed E-state index contributed by atoms with van der Waals surface area (Å²) in [5, 5.41) is 2.89. The van der Waals surface area contributed by atoms with Crippen molar-refractivity contribution in [3.63, 3.8) is 0 Å². The number of amides is 3. The number of carbonyl (C=O) groups excluding carboxylic acids is 3. The summed E-state index contributed by atoms with van der Waals surface area (Å²) in [5.74, 6) is -0.0734. The normalized spacial score (nSPS) is 29.5. The lowest BCUT2D eigenvalue weighted by atomic mass is 9.86. The number of nitrogens with one attached hydrogen (secondary N) is 1. The van der Waals surface area contributed by atoms with E-state index in [2.05, 4.69) is 5.32 Å². The Hall–Kier alpha value is -2.37. The standard InChI is InChI=1S/C20H25N3O3/c1-14(15-5-3-2-4-6-15)23-11-16(9-18(23)25)19(26)22-8-7-20(13-22)10-17(24)21-12-20/h2-6,14,16H,7-13H2,1H3,(H,21,24). The molecule has 3 unspecified atom stereocenters. The second-order valence-electron chi connectivity index (χ2n) is 8.00. The van der Waals surface area contributed by atoms with Crippen LogP contribution in [0.15, 0.2) is 30.3 Å². The lowest BCUT2D eigenvalue weighted by Gasteiger charge is -2.26. The number of hydrogen-bond acceptors (Lipinski definition) is 3. The zero-order chi connectivity index (χ0) is 18.3. The van der Waals surface area contributed by atoms with Gasteiger partial charge >= 0.3 is 0 Å². The first-order valence-electron chi connectivity index (χ1n) is 9.37. The highest BCUT2D eigenvalue weighted by atomic mass is 16.2. The second kappa shape index (κ2) is 6.41. The Morgan fingerprint density at radius 3 is 2.73 bits per heavy atom. The summed E-state index contributed by atoms with van der Waals surface area (Å²) < 4.78 is 0. The van der Waals surface area contributed by atoms with E-state index in [0.29, 0.717) is 32.6 Å². The molecule has 0 bridgehead atoms. The van der Waals surface area contributed by atoms with E-state index in [-0.39, 0.29) is 41.5 Å². The maximum absolute atomic E-state index is 13.0. The van der Waals surface area contributed by atoms with E-state index in [1.165, 1.54) is 0 Å². The quantitative estimate of drug-likeness (QED) is 0.889. The lowest BCUT2D eigenvalue weighted by molar-refractivity contribution is -0.135. The van der Waals surface area contributed by atoms with Gasteiger partial charge in [0, 0.05) is 44.4 Å². The van der Waals surface area contributed by atoms with Gasteiger partial charge in [-0.15, -0.1) is 0 Å². The van der Waals surface area contributed by atoms with Gasteiger partial charge in [0.1, 0.15) is 0 Å². The zero-order valence-electron chi connectivity index (χ0n) is 15.1. The topological polar surface area (TPSA) is 69.7 Å². The van der Waals surface area contributed by atoms with E-state index in [1.54, 1.807) is 0 Å². The Morgan fingerprint density at radius 1 is 1.27 bits per heavy atom. The molecule has 6 heteroatoms. The van der Waals surface area contributed by atoms with E-state index in [4.69, 9.17) is 0 Å². The van der Waals surface area contributed by atoms with Crippen LogP contribution in [0.1, 0.15) is 37.8 Å². The third-order valence-electron chi connectivity index (χ3n) is 6.20. The van der Waals surface area contributed by atoms with Gasteiger partial charge < -0.3 is 15.1 Å². The Morgan fingerprint density at radius 2 is 2.04 bits per heavy atom. The monoisotopic (exact) mass is 355 g/mol. The van der Waals surface area contributed by atoms with Crippen molar-refractivity contribution in [1.29, 1.82) is 0 Å². The predicted molar refractivity (Wildman–Crippen MR) is 95.9 cm³/mol. The van der Waals surface area contributed by atoms with Crippen molar-refractivity contribution >= 4 is 17.7 Å². The number of hydrogen-bond donors (Lipinski definition) is 1. The molecule has 0 saturated carbocycles. The fourth-order valence-corrected chi connectivity index (χ4v) is 4.60. The molecule has 1 spiro atoms. The molecule has 6 nitrogen and oxygen atoms in total. The van der Waals surface area contributed by atoms with Gasteiger partial charge in [-0.3, -0.25) is 14.4 Å². The highest BCUT2D eigenvalue weighted by Gasteiger charge is 2.47. The number of rotatable bonds is 3. The average Bonchev–Trinajstić information content (AvgIpc) is 3.34. The van der Waals surface area contributed by atoms with Crippen LogP contribution in [0.4, 0.5) is 0 Å². The van der Waals surface area contributed by atoms with Crippen molar-refractivity contribution in [2.45, 2.75) is 32.2 Å². The van der Waals surface area contributed by atoms with Gasteiger partial charge in [0.15, 0.2) is 0 Å². The molecule has 26 heavy (non-hydrogen) atoms. The highest BCUT2D eigenvalue weighted by molar-refractivity contribution is 5.90. The molecule has 0 radical (unpaired) electrons. The maximum atomic E-state index is 13.0. The van der Waals surface area contributed by atoms with Crippen LogP contribution in [0, 0.1) is 11.3 Å². The Kier molecular flexibility index (Phi) is 4.21. The SMILES string of the molecule is CC(c1ccccc1)N1CC(C(=O)N2CCC3(CNC(=O)C3)C2)CC1=O. The van der Waals surface area contributed by atoms with Gasteiger partial charge in [0.25, 0.3) is 0 Å². The minimum Gasteiger partial charge on any atom is -0.355 e. The fraction of sp³-hybridized carbons (Fsp3) is 0.550. The molecule has 1 aromatic rings. The van der Waals surface area contributed by atoms with E-state index in [1.807, 2.05) is 47.1 Å². The number of carbonyl (C=O) groups is 3. The molecular weight excluding hydrogens is 330 g/mol. The van der Waals surface area contributed by atoms with Gasteiger partial charge in [0.05, 0.1) is 12.0 Å². The second-order valence-corrected chi connectivity index (χ2v) is 8.00. The van der Waals surface area contributed by atoms with Crippen LogP contribution in [-0.4, -0.2) is 53.7 Å². The average molecular weight is 355 g/mol. The third kappa shape index (κ3) is 2.97. The van der Waals surface area contributed by atoms with Gasteiger partial charge in [-0.2, -0.15) is 0 Å². The molecule has 0 aliphatic carbocycles. The maximum Gasteiger partial charge on any atom is 0.228 e. The first-order chi connectivity index (χ1) is 12.5. The predicted octanol–water partition coefficient (Wildman–Crippen LogP) is 1.33. The number of benzene rings is 1. The van der Waals surface area contributed by atoms with Crippen molar-refractivity contribution in [2.24, 2.45) is 11.3 Å². The van der Waals surface area contributed by atoms with E-state index in [9.17, 15) is 14.4 Å². The van der Waals surface area contributed by atoms with Crippen molar-refractivity contribution < 1.29 is 14.4 Å². The minimum atomic E-state index is -0.270. The molecule has 3 aliphatic heterocycles. The van der Waals surface area contributed by atoms with Crippen LogP contribution in [0.25, 0.3) is 0 Å². The van der Waals surface area contributed by atoms with Crippen LogP contribution in [0.5, 0.6) is 0 Å². The first-order valence-corrected chi connectivity index (χ1v) is 9.37. The summed E-state index contributed by atoms with van der Waals surface area (Å²) in [6.07, 6.45) is 1.66. The van der Waals surface area contributed by atoms with E-state index in [0.717, 1.165) is 12.0 Å². The van der Waals surface area contributed by atoms with Crippen molar-refractivity contribution in [1.82, 2.24) is 15.1 Å². The Labute approximate surface area is 153 Å². The molecule has 3 aliphatic rings. The van der Waals surface area contributed by atoms with Gasteiger partial charge in [-0.1, -0.05) is 30.3 Å². The molecule has 0 aromatic heterocycles. The molecular formula is C20H25N3O3. The van der Waals surface area contributed by atoms with Crippen molar-refractivity contribution in [2.75, 3.05) is 26.2 Å². The molecule has 3 atom stereocenters. The lowest BCUT2D eigenvalue weighted by Crippen LogP contribution is -2.38. The van der Waals surface area contributed by atoms with Crippen molar-refractivity contribution in [3.8, 4) is 0 Å². The number of likely N-dealkylation sites (tertiary alicyclic amines) is 2. The van der Waals surface area contributed by atoms with Gasteiger partial charge in [-0.25, -0.2) is 0 Å². The van der Waals surface area contributed by atoms with Crippen LogP contribution < -0.4 is 5.32 Å². The molecule has 3 heterocycles. The van der Waals surface area contributed by atoms with Crippen LogP contribution in [0.2, 0.25) is 0 Å². The first kappa shape index (κ1) is 17.1. The highest BCUT2D eigenvalue weighted by Crippen LogP contribution is 2.38. The summed E-state index contributed by atoms with van der Waals surface area (Å²) in [5.41, 5.74) is 0.997. The van der Waals surface area contributed by atoms with Crippen LogP contribution in [-0.2, 0) is 14.4 Å². The molecule has 4 rings (SSSR count). The number of nitrogens with zero attached hydrogens (tertiary/aromatic N) is 2. The largest absolute Gasteiger partial charge is 0.355 e. The molecule has 1 aromatic carbocycles. The molecule has 3 amide bonds. The Bertz CT molecular complexity index is 735. The van der Waals surface area contributed by atoms with E-state index < -0.39 is 0 Å². The van der Waals surface area contributed by atoms with Gasteiger partial charge in [-0.05, 0) is 18.9 Å². The van der Waals surface area contributed by atoms with Crippen LogP contribution >= 0.6 is 0 Å². The Balaban J connectivity index is 1.41. The summed E-state index contributed by atoms with van der Waals surface area (Å²) >= 11 is 0. The summed E-state index contributed by atoms with van der Waals surface area (Å²) in [7, 11) is 0. The summed E-state index contributed by atoms with van der Waals surface area (Å²) in [6, 6.07) is 9.90.